The fourth-order valence-electron chi connectivity index (χ4n) is 3.98. The molecular formula is C27H24CuN5Na5O20S6-2. The van der Waals surface area contributed by atoms with Gasteiger partial charge in [-0.3, -0.25) is 9.11 Å². The topological polar surface area (TPSA) is 439 Å². The van der Waals surface area contributed by atoms with E-state index in [1.807, 2.05) is 0 Å². The van der Waals surface area contributed by atoms with Crippen molar-refractivity contribution >= 4 is 99.9 Å². The first kappa shape index (κ1) is 73.7. The predicted molar refractivity (Wildman–Crippen MR) is 193 cm³/mol. The van der Waals surface area contributed by atoms with Crippen molar-refractivity contribution in [3.05, 3.63) is 74.5 Å². The summed E-state index contributed by atoms with van der Waals surface area (Å²) in [6.45, 7) is 6.60. The zero-order valence-electron chi connectivity index (χ0n) is 33.6. The maximum atomic E-state index is 12.2. The summed E-state index contributed by atoms with van der Waals surface area (Å²) >= 11 is 0. The average molecular weight is 1110 g/mol. The normalized spacial score (nSPS) is 11.6. The first-order valence-corrected chi connectivity index (χ1v) is 23.3. The van der Waals surface area contributed by atoms with Gasteiger partial charge < -0.3 is 47.6 Å². The van der Waals surface area contributed by atoms with E-state index >= 15 is 0 Å². The SMILES string of the molecule is O=S(=O)([O-])O.O=S(=O)([O-])O.[CH2-]CS(=O)(=O)c1ccc(O)c(N=Nc2[c-]cc3c(N=Nc4ccc(S(=O)(=O)C[CH2-])cc4S(=O)(=O)[O-])c(NCS(=O)(=O)[O-])ccc3c2O)c1.[Cu].[Na+].[Na+].[Na+].[Na+].[Na+]. The molecule has 0 saturated heterocycles. The molecule has 64 heavy (non-hydrogen) atoms. The summed E-state index contributed by atoms with van der Waals surface area (Å²) in [7, 11) is -27.8. The quantitative estimate of drug-likeness (QED) is 0.0289. The van der Waals surface area contributed by atoms with Gasteiger partial charge in [0.25, 0.3) is 0 Å². The van der Waals surface area contributed by atoms with Gasteiger partial charge in [0.15, 0.2) is 19.7 Å². The van der Waals surface area contributed by atoms with Crippen LogP contribution in [0.2, 0.25) is 0 Å². The molecule has 4 rings (SSSR count). The molecule has 0 unspecified atom stereocenters. The van der Waals surface area contributed by atoms with Gasteiger partial charge in [-0.25, -0.2) is 50.5 Å². The second-order valence-electron chi connectivity index (χ2n) is 10.4. The van der Waals surface area contributed by atoms with Gasteiger partial charge in [0.05, 0.1) is 26.1 Å². The molecule has 0 aliphatic heterocycles. The number of phenolic OH excluding ortho intramolecular Hbond substituents is 2. The molecule has 4 aromatic carbocycles. The molecule has 0 amide bonds. The average Bonchev–Trinajstić information content (AvgIpc) is 3.07. The second kappa shape index (κ2) is 30.5. The largest absolute Gasteiger partial charge is 1.00 e. The molecule has 4 aromatic rings. The van der Waals surface area contributed by atoms with Crippen molar-refractivity contribution in [3.8, 4) is 11.5 Å². The van der Waals surface area contributed by atoms with Gasteiger partial charge in [0, 0.05) is 28.5 Å². The van der Waals surface area contributed by atoms with E-state index in [9.17, 15) is 53.0 Å². The number of anilines is 1. The van der Waals surface area contributed by atoms with Crippen molar-refractivity contribution < 1.29 is 253 Å². The molecule has 0 aliphatic carbocycles. The molecule has 331 valence electrons. The van der Waals surface area contributed by atoms with Crippen LogP contribution in [-0.4, -0.2) is 105 Å². The van der Waals surface area contributed by atoms with Crippen LogP contribution in [0.4, 0.5) is 28.4 Å². The summed E-state index contributed by atoms with van der Waals surface area (Å²) in [4.78, 5) is -1.77. The Morgan fingerprint density at radius 1 is 0.609 bits per heavy atom. The first-order chi connectivity index (χ1) is 26.3. The smallest absolute Gasteiger partial charge is 0.747 e. The number of azo groups is 2. The van der Waals surface area contributed by atoms with Gasteiger partial charge in [-0.05, 0) is 42.5 Å². The molecule has 0 spiro atoms. The van der Waals surface area contributed by atoms with Crippen LogP contribution in [0.3, 0.4) is 0 Å². The van der Waals surface area contributed by atoms with Gasteiger partial charge in [0.2, 0.25) is 20.8 Å². The van der Waals surface area contributed by atoms with Gasteiger partial charge >= 0.3 is 148 Å². The molecule has 0 saturated carbocycles. The number of fused-ring (bicyclic) bond motifs is 1. The van der Waals surface area contributed by atoms with Gasteiger partial charge in [-0.1, -0.05) is 28.3 Å². The van der Waals surface area contributed by atoms with Crippen LogP contribution in [0.1, 0.15) is 0 Å². The molecule has 1 radical (unpaired) electrons. The molecule has 0 aromatic heterocycles. The van der Waals surface area contributed by atoms with E-state index < -0.39 is 105 Å². The van der Waals surface area contributed by atoms with E-state index in [1.165, 1.54) is 18.2 Å². The molecule has 25 nitrogen and oxygen atoms in total. The number of nitrogens with one attached hydrogen (secondary N) is 1. The number of benzene rings is 4. The molecule has 0 aliphatic rings. The Balaban J connectivity index is -0.000000654. The predicted octanol–water partition coefficient (Wildman–Crippen LogP) is -13.1. The van der Waals surface area contributed by atoms with E-state index in [-0.39, 0.29) is 203 Å². The Bertz CT molecular complexity index is 2920. The zero-order chi connectivity index (χ0) is 44.7. The third-order valence-corrected chi connectivity index (χ3v) is 10.8. The third kappa shape index (κ3) is 25.5. The monoisotopic (exact) mass is 1110 g/mol. The Labute approximate surface area is 489 Å². The van der Waals surface area contributed by atoms with Crippen LogP contribution >= 0.6 is 0 Å². The van der Waals surface area contributed by atoms with Crippen molar-refractivity contribution in [2.45, 2.75) is 14.7 Å². The van der Waals surface area contributed by atoms with Crippen LogP contribution in [-0.2, 0) is 77.8 Å². The molecule has 37 heteroatoms. The van der Waals surface area contributed by atoms with Gasteiger partial charge in [-0.2, -0.15) is 27.5 Å². The van der Waals surface area contributed by atoms with E-state index in [0.29, 0.717) is 6.07 Å². The Kier molecular flexibility index (Phi) is 35.1. The minimum absolute atomic E-state index is 0. The molecule has 0 atom stereocenters. The Morgan fingerprint density at radius 2 is 1.06 bits per heavy atom. The minimum Gasteiger partial charge on any atom is -0.747 e. The van der Waals surface area contributed by atoms with Crippen LogP contribution in [0.25, 0.3) is 10.8 Å². The summed E-state index contributed by atoms with van der Waals surface area (Å²) in [6, 6.07) is 11.9. The van der Waals surface area contributed by atoms with Gasteiger partial charge in [-0.15, -0.1) is 5.11 Å². The summed E-state index contributed by atoms with van der Waals surface area (Å²) in [6.07, 6.45) is 0. The maximum Gasteiger partial charge on any atom is 1.00 e. The Hall–Kier alpha value is 0.719. The summed E-state index contributed by atoms with van der Waals surface area (Å²) < 4.78 is 184. The molecule has 5 N–H and O–H groups in total. The summed E-state index contributed by atoms with van der Waals surface area (Å²) in [5.41, 5.74) is -1.65. The van der Waals surface area contributed by atoms with E-state index in [0.717, 1.165) is 30.3 Å². The fourth-order valence-corrected chi connectivity index (χ4v) is 6.63. The number of hydrogen-bond donors (Lipinski definition) is 5. The molecule has 0 fully saturated rings. The summed E-state index contributed by atoms with van der Waals surface area (Å²) in [5.74, 6) is -3.28. The number of aromatic hydroxyl groups is 2. The van der Waals surface area contributed by atoms with Crippen molar-refractivity contribution in [2.24, 2.45) is 20.5 Å². The summed E-state index contributed by atoms with van der Waals surface area (Å²) in [5, 5.41) is 38.7. The first-order valence-electron chi connectivity index (χ1n) is 14.3. The fraction of sp³-hybridized carbons (Fsp3) is 0.111. The van der Waals surface area contributed by atoms with Crippen LogP contribution < -0.4 is 153 Å². The van der Waals surface area contributed by atoms with Crippen LogP contribution in [0, 0.1) is 19.9 Å². The van der Waals surface area contributed by atoms with Crippen LogP contribution in [0.15, 0.2) is 89.7 Å². The van der Waals surface area contributed by atoms with Crippen LogP contribution in [0.5, 0.6) is 11.5 Å². The zero-order valence-corrected chi connectivity index (χ0v) is 49.4. The standard InChI is InChI=1S/C27H24N5O12S4.Cu.5Na.2H2O4S/c1-3-45(35,36)16-6-12-24(33)23(13-16)31-30-22-11-7-18-19(27(22)34)8-10-21(28-15-47(39,40)41)26(18)32-29-20-9-5-17(46(37,38)4-2)14-25(20)48(42,43)44;;;;;;;2*1-5(2,3)4/h5-10,12-14,28,33-34H,1-4,15H2,(H,39,40,41)(H,42,43,44);;;;;;;2*(H2,1,2,3,4)/q-3;;5*+1;;/p-4. The number of sulfone groups is 2. The number of rotatable bonds is 12. The number of hydrogen-bond acceptors (Lipinski definition) is 23. The molecule has 0 bridgehead atoms. The van der Waals surface area contributed by atoms with Crippen molar-refractivity contribution in [2.75, 3.05) is 22.7 Å². The number of phenols is 2. The Morgan fingerprint density at radius 3 is 1.52 bits per heavy atom. The molecule has 0 heterocycles. The van der Waals surface area contributed by atoms with E-state index in [1.54, 1.807) is 0 Å². The van der Waals surface area contributed by atoms with Gasteiger partial charge in [0.1, 0.15) is 43.2 Å². The third-order valence-electron chi connectivity index (χ3n) is 6.41. The van der Waals surface area contributed by atoms with Crippen molar-refractivity contribution in [3.63, 3.8) is 0 Å². The minimum atomic E-state index is -5.32. The van der Waals surface area contributed by atoms with Crippen molar-refractivity contribution in [1.82, 2.24) is 0 Å². The second-order valence-corrected chi connectivity index (χ2v) is 19.1. The maximum absolute atomic E-state index is 12.2. The van der Waals surface area contributed by atoms with E-state index in [4.69, 9.17) is 35.0 Å². The number of nitrogens with zero attached hydrogens (tertiary/aromatic N) is 4. The molecular weight excluding hydrogens is 1090 g/mol. The van der Waals surface area contributed by atoms with E-state index in [2.05, 4.69) is 45.7 Å². The van der Waals surface area contributed by atoms with Crippen molar-refractivity contribution in [1.29, 1.82) is 0 Å².